The summed E-state index contributed by atoms with van der Waals surface area (Å²) in [6.07, 6.45) is 5.95. The lowest BCUT2D eigenvalue weighted by molar-refractivity contribution is -0.156. The maximum atomic E-state index is 14.4. The van der Waals surface area contributed by atoms with Gasteiger partial charge in [-0.2, -0.15) is 0 Å². The number of carboxylic acids is 1. The molecule has 248 valence electrons. The van der Waals surface area contributed by atoms with Gasteiger partial charge >= 0.3 is 5.97 Å². The Morgan fingerprint density at radius 3 is 2.24 bits per heavy atom. The summed E-state index contributed by atoms with van der Waals surface area (Å²) in [6, 6.07) is 13.0. The number of rotatable bonds is 18. The number of unbranched alkanes of at least 4 members (excludes halogenated alkanes) is 1. The van der Waals surface area contributed by atoms with Gasteiger partial charge in [0.1, 0.15) is 6.04 Å². The maximum Gasteiger partial charge on any atom is 0.326 e. The number of nitrogens with one attached hydrogen (secondary N) is 1. The minimum Gasteiger partial charge on any atom is -0.480 e. The summed E-state index contributed by atoms with van der Waals surface area (Å²) in [5.41, 5.74) is 9.26. The van der Waals surface area contributed by atoms with Crippen molar-refractivity contribution in [2.45, 2.75) is 87.8 Å². The third kappa shape index (κ3) is 11.2. The van der Waals surface area contributed by atoms with Gasteiger partial charge in [0.25, 0.3) is 0 Å². The number of hydrogen-bond donors (Lipinski definition) is 5. The largest absolute Gasteiger partial charge is 0.480 e. The molecule has 1 fully saturated rings. The number of amides is 2. The van der Waals surface area contributed by atoms with Crippen LogP contribution in [0, 0.1) is 11.8 Å². The molecule has 1 aliphatic carbocycles. The number of aliphatic carboxylic acids is 1. The van der Waals surface area contributed by atoms with Gasteiger partial charge in [0.15, 0.2) is 0 Å². The van der Waals surface area contributed by atoms with Gasteiger partial charge in [0.05, 0.1) is 17.5 Å². The second-order valence-electron chi connectivity index (χ2n) is 11.7. The van der Waals surface area contributed by atoms with Crippen molar-refractivity contribution in [3.05, 3.63) is 65.7 Å². The number of nitrogens with zero attached hydrogens (tertiary/aromatic N) is 1. The van der Waals surface area contributed by atoms with Crippen molar-refractivity contribution < 1.29 is 37.9 Å². The Labute approximate surface area is 265 Å². The molecule has 1 unspecified atom stereocenters. The quantitative estimate of drug-likeness (QED) is 0.0913. The minimum absolute atomic E-state index is 0.0966. The molecule has 0 aliphatic heterocycles. The summed E-state index contributed by atoms with van der Waals surface area (Å²) < 4.78 is 29.4. The van der Waals surface area contributed by atoms with Crippen LogP contribution in [-0.4, -0.2) is 60.6 Å². The molecule has 2 aromatic carbocycles. The van der Waals surface area contributed by atoms with Crippen molar-refractivity contribution >= 4 is 27.8 Å². The van der Waals surface area contributed by atoms with E-state index >= 15 is 0 Å². The second kappa shape index (κ2) is 18.0. The van der Waals surface area contributed by atoms with Gasteiger partial charge < -0.3 is 20.5 Å². The van der Waals surface area contributed by atoms with Crippen molar-refractivity contribution in [2.75, 3.05) is 13.2 Å². The molecule has 2 aromatic rings. The first kappa shape index (κ1) is 36.1. The average molecular weight is 647 g/mol. The van der Waals surface area contributed by atoms with Crippen LogP contribution >= 0.6 is 0 Å². The third-order valence-electron chi connectivity index (χ3n) is 8.42. The van der Waals surface area contributed by atoms with Crippen LogP contribution in [0.4, 0.5) is 0 Å². The molecule has 1 aliphatic rings. The van der Waals surface area contributed by atoms with Crippen LogP contribution in [0.25, 0.3) is 0 Å². The molecule has 0 spiro atoms. The minimum atomic E-state index is -3.98. The van der Waals surface area contributed by atoms with E-state index in [9.17, 15) is 33.1 Å². The number of primary sulfonamides is 1. The predicted molar refractivity (Wildman–Crippen MR) is 167 cm³/mol. The van der Waals surface area contributed by atoms with Crippen LogP contribution in [0.3, 0.4) is 0 Å². The molecular weight excluding hydrogens is 600 g/mol. The smallest absolute Gasteiger partial charge is 0.326 e. The van der Waals surface area contributed by atoms with Gasteiger partial charge in [0, 0.05) is 25.5 Å². The van der Waals surface area contributed by atoms with Gasteiger partial charge in [-0.15, -0.1) is 0 Å². The Kier molecular flexibility index (Phi) is 14.4. The summed E-state index contributed by atoms with van der Waals surface area (Å²) in [5.74, 6) is -3.38. The van der Waals surface area contributed by atoms with Gasteiger partial charge in [0.2, 0.25) is 21.8 Å². The van der Waals surface area contributed by atoms with Gasteiger partial charge in [-0.1, -0.05) is 81.0 Å². The van der Waals surface area contributed by atoms with E-state index in [1.807, 2.05) is 30.3 Å². The van der Waals surface area contributed by atoms with E-state index in [1.165, 1.54) is 29.2 Å². The highest BCUT2D eigenvalue weighted by Gasteiger charge is 2.40. The molecule has 0 heterocycles. The predicted octanol–water partition coefficient (Wildman–Crippen LogP) is 3.48. The van der Waals surface area contributed by atoms with Crippen LogP contribution in [0.5, 0.6) is 0 Å². The highest BCUT2D eigenvalue weighted by Crippen LogP contribution is 2.34. The van der Waals surface area contributed by atoms with Crippen LogP contribution in [0.1, 0.15) is 81.4 Å². The van der Waals surface area contributed by atoms with Gasteiger partial charge in [-0.25, -0.2) is 23.8 Å². The van der Waals surface area contributed by atoms with E-state index in [4.69, 9.17) is 15.6 Å². The SMILES string of the molecule is NCC(c1ccc(S(N)(=O)=O)cc1)N(C(=O)[C@H](CCCCOCc1ccccc1)CC(=O)NO)[C@@H](CC1CCCCC1)C(=O)O. The van der Waals surface area contributed by atoms with Crippen molar-refractivity contribution in [2.24, 2.45) is 22.7 Å². The summed E-state index contributed by atoms with van der Waals surface area (Å²) in [5, 5.41) is 25.0. The summed E-state index contributed by atoms with van der Waals surface area (Å²) in [6.45, 7) is 0.710. The summed E-state index contributed by atoms with van der Waals surface area (Å²) >= 11 is 0. The fraction of sp³-hybridized carbons (Fsp3) is 0.531. The number of carbonyl (C=O) groups excluding carboxylic acids is 2. The number of benzene rings is 2. The number of ether oxygens (including phenoxy) is 1. The number of carboxylic acid groups (broad SMARTS) is 1. The first-order valence-electron chi connectivity index (χ1n) is 15.5. The Morgan fingerprint density at radius 1 is 1.00 bits per heavy atom. The van der Waals surface area contributed by atoms with Crippen LogP contribution in [0.2, 0.25) is 0 Å². The Bertz CT molecular complexity index is 1330. The first-order chi connectivity index (χ1) is 21.5. The zero-order valence-electron chi connectivity index (χ0n) is 25.6. The highest BCUT2D eigenvalue weighted by atomic mass is 32.2. The standard InChI is InChI=1S/C32H46N4O8S/c33-21-29(25-14-16-27(17-15-25)45(34,42)43)36(28(32(39)40)19-23-9-3-1-4-10-23)31(38)26(20-30(37)35-41)13-7-8-18-44-22-24-11-5-2-6-12-24/h2,5-6,11-12,14-17,23,26,28-29,41H,1,3-4,7-10,13,18-22,33H2,(H,35,37)(H,39,40)(H2,34,42,43)/t26-,28+,29?/m1/s1. The molecule has 45 heavy (non-hydrogen) atoms. The molecule has 0 aromatic heterocycles. The lowest BCUT2D eigenvalue weighted by Crippen LogP contribution is -2.52. The Morgan fingerprint density at radius 2 is 1.67 bits per heavy atom. The molecule has 7 N–H and O–H groups in total. The van der Waals surface area contributed by atoms with Crippen molar-refractivity contribution in [3.8, 4) is 0 Å². The number of carbonyl (C=O) groups is 3. The van der Waals surface area contributed by atoms with Crippen LogP contribution in [0.15, 0.2) is 59.5 Å². The lowest BCUT2D eigenvalue weighted by Gasteiger charge is -2.40. The van der Waals surface area contributed by atoms with E-state index in [0.717, 1.165) is 37.7 Å². The van der Waals surface area contributed by atoms with Crippen molar-refractivity contribution in [1.29, 1.82) is 0 Å². The zero-order valence-corrected chi connectivity index (χ0v) is 26.4. The number of hydroxylamine groups is 1. The fourth-order valence-corrected chi connectivity index (χ4v) is 6.55. The molecule has 13 heteroatoms. The third-order valence-corrected chi connectivity index (χ3v) is 9.35. The Hall–Kier alpha value is -3.36. The average Bonchev–Trinajstić information content (AvgIpc) is 3.03. The number of hydrogen-bond acceptors (Lipinski definition) is 8. The van der Waals surface area contributed by atoms with Gasteiger partial charge in [-0.05, 0) is 48.4 Å². The van der Waals surface area contributed by atoms with E-state index in [0.29, 0.717) is 31.6 Å². The van der Waals surface area contributed by atoms with E-state index in [2.05, 4.69) is 0 Å². The first-order valence-corrected chi connectivity index (χ1v) is 17.0. The van der Waals surface area contributed by atoms with Gasteiger partial charge in [-0.3, -0.25) is 14.8 Å². The topological polar surface area (TPSA) is 202 Å². The van der Waals surface area contributed by atoms with E-state index < -0.39 is 45.8 Å². The molecule has 12 nitrogen and oxygen atoms in total. The molecule has 0 saturated heterocycles. The monoisotopic (exact) mass is 646 g/mol. The second-order valence-corrected chi connectivity index (χ2v) is 13.2. The normalized spacial score (nSPS) is 16.0. The molecule has 0 radical (unpaired) electrons. The molecule has 0 bridgehead atoms. The summed E-state index contributed by atoms with van der Waals surface area (Å²) in [4.78, 5) is 40.7. The molecule has 1 saturated carbocycles. The molecule has 3 rings (SSSR count). The molecular formula is C32H46N4O8S. The van der Waals surface area contributed by atoms with Crippen molar-refractivity contribution in [3.63, 3.8) is 0 Å². The highest BCUT2D eigenvalue weighted by molar-refractivity contribution is 7.89. The van der Waals surface area contributed by atoms with E-state index in [-0.39, 0.29) is 36.6 Å². The maximum absolute atomic E-state index is 14.4. The zero-order chi connectivity index (χ0) is 32.8. The number of sulfonamides is 1. The molecule has 2 amide bonds. The van der Waals surface area contributed by atoms with Crippen molar-refractivity contribution in [1.82, 2.24) is 10.4 Å². The van der Waals surface area contributed by atoms with Crippen LogP contribution in [-0.2, 0) is 35.8 Å². The Balaban J connectivity index is 1.87. The van der Waals surface area contributed by atoms with E-state index in [1.54, 1.807) is 5.48 Å². The fourth-order valence-electron chi connectivity index (χ4n) is 6.04. The summed E-state index contributed by atoms with van der Waals surface area (Å²) in [7, 11) is -3.98. The molecule has 3 atom stereocenters. The number of nitrogens with two attached hydrogens (primary N) is 2. The lowest BCUT2D eigenvalue weighted by atomic mass is 9.83. The van der Waals surface area contributed by atoms with Crippen LogP contribution < -0.4 is 16.4 Å².